The van der Waals surface area contributed by atoms with Crippen LogP contribution in [-0.2, 0) is 19.4 Å². The molecule has 3 rings (SSSR count). The Balaban J connectivity index is 2.12. The minimum atomic E-state index is -3.95. The van der Waals surface area contributed by atoms with Gasteiger partial charge in [0.05, 0.1) is 43.6 Å². The largest absolute Gasteiger partial charge is 0.493 e. The third-order valence-corrected chi connectivity index (χ3v) is 6.67. The van der Waals surface area contributed by atoms with Crippen LogP contribution in [0.3, 0.4) is 0 Å². The molecular weight excluding hydrogens is 460 g/mol. The Morgan fingerprint density at radius 3 is 2.41 bits per heavy atom. The van der Waals surface area contributed by atoms with Crippen molar-refractivity contribution in [1.29, 1.82) is 0 Å². The first-order valence-electron chi connectivity index (χ1n) is 9.29. The summed E-state index contributed by atoms with van der Waals surface area (Å²) in [5.41, 5.74) is 0.320. The fourth-order valence-electron chi connectivity index (χ4n) is 3.30. The molecule has 0 aliphatic carbocycles. The van der Waals surface area contributed by atoms with E-state index in [1.807, 2.05) is 0 Å². The van der Waals surface area contributed by atoms with Crippen LogP contribution in [0.15, 0.2) is 58.6 Å². The molecule has 2 aromatic carbocycles. The predicted molar refractivity (Wildman–Crippen MR) is 117 cm³/mol. The first kappa shape index (κ1) is 23.4. The SMILES string of the molecule is COC(=O)C1=C(CS(=O)(=O)c2cccc(Cl)c2)NC(=O)NC1c1ccc(OC)c(OC)c1. The molecule has 2 N–H and O–H groups in total. The summed E-state index contributed by atoms with van der Waals surface area (Å²) in [5.74, 6) is -0.623. The van der Waals surface area contributed by atoms with Crippen LogP contribution < -0.4 is 20.1 Å². The standard InChI is InChI=1S/C21H21ClN2O7S/c1-29-16-8-7-12(9-17(16)30-2)19-18(20(25)31-3)15(23-21(26)24-19)11-32(27,28)14-6-4-5-13(22)10-14/h4-10,19H,11H2,1-3H3,(H2,23,24,26). The van der Waals surface area contributed by atoms with E-state index in [-0.39, 0.29) is 21.2 Å². The molecule has 0 saturated carbocycles. The van der Waals surface area contributed by atoms with Crippen molar-refractivity contribution in [3.05, 3.63) is 64.3 Å². The average Bonchev–Trinajstić information content (AvgIpc) is 2.77. The molecule has 32 heavy (non-hydrogen) atoms. The molecule has 170 valence electrons. The zero-order valence-electron chi connectivity index (χ0n) is 17.5. The molecule has 2 aromatic rings. The van der Waals surface area contributed by atoms with E-state index in [0.29, 0.717) is 17.1 Å². The van der Waals surface area contributed by atoms with E-state index in [1.54, 1.807) is 24.3 Å². The van der Waals surface area contributed by atoms with Gasteiger partial charge in [0, 0.05) is 10.7 Å². The molecule has 9 nitrogen and oxygen atoms in total. The topological polar surface area (TPSA) is 120 Å². The van der Waals surface area contributed by atoms with E-state index in [9.17, 15) is 18.0 Å². The first-order chi connectivity index (χ1) is 15.2. The van der Waals surface area contributed by atoms with E-state index >= 15 is 0 Å². The number of sulfone groups is 1. The smallest absolute Gasteiger partial charge is 0.338 e. The van der Waals surface area contributed by atoms with Crippen molar-refractivity contribution in [3.63, 3.8) is 0 Å². The van der Waals surface area contributed by atoms with E-state index in [4.69, 9.17) is 25.8 Å². The maximum absolute atomic E-state index is 13.0. The van der Waals surface area contributed by atoms with E-state index in [0.717, 1.165) is 0 Å². The van der Waals surface area contributed by atoms with E-state index in [1.165, 1.54) is 39.5 Å². The van der Waals surface area contributed by atoms with Crippen LogP contribution >= 0.6 is 11.6 Å². The number of amides is 2. The molecule has 2 amide bonds. The summed E-state index contributed by atoms with van der Waals surface area (Å²) < 4.78 is 41.4. The zero-order chi connectivity index (χ0) is 23.5. The maximum Gasteiger partial charge on any atom is 0.338 e. The number of hydrogen-bond acceptors (Lipinski definition) is 7. The highest BCUT2D eigenvalue weighted by Gasteiger charge is 2.36. The van der Waals surface area contributed by atoms with Gasteiger partial charge in [-0.1, -0.05) is 23.7 Å². The van der Waals surface area contributed by atoms with Crippen LogP contribution in [0, 0.1) is 0 Å². The van der Waals surface area contributed by atoms with Crippen molar-refractivity contribution in [3.8, 4) is 11.5 Å². The number of hydrogen-bond donors (Lipinski definition) is 2. The summed E-state index contributed by atoms with van der Waals surface area (Å²) >= 11 is 5.92. The molecule has 1 atom stereocenters. The van der Waals surface area contributed by atoms with Crippen molar-refractivity contribution in [2.45, 2.75) is 10.9 Å². The highest BCUT2D eigenvalue weighted by Crippen LogP contribution is 2.35. The highest BCUT2D eigenvalue weighted by molar-refractivity contribution is 7.91. The fourth-order valence-corrected chi connectivity index (χ4v) is 4.92. The lowest BCUT2D eigenvalue weighted by Gasteiger charge is -2.29. The Bertz CT molecular complexity index is 1190. The van der Waals surface area contributed by atoms with Crippen LogP contribution in [0.4, 0.5) is 4.79 Å². The van der Waals surface area contributed by atoms with Gasteiger partial charge in [-0.05, 0) is 35.9 Å². The van der Waals surface area contributed by atoms with E-state index in [2.05, 4.69) is 10.6 Å². The number of methoxy groups -OCH3 is 3. The van der Waals surface area contributed by atoms with Crippen LogP contribution in [0.5, 0.6) is 11.5 Å². The molecule has 11 heteroatoms. The summed E-state index contributed by atoms with van der Waals surface area (Å²) in [7, 11) is 0.142. The lowest BCUT2D eigenvalue weighted by Crippen LogP contribution is -2.47. The van der Waals surface area contributed by atoms with Gasteiger partial charge in [-0.3, -0.25) is 0 Å². The maximum atomic E-state index is 13.0. The lowest BCUT2D eigenvalue weighted by molar-refractivity contribution is -0.136. The summed E-state index contributed by atoms with van der Waals surface area (Å²) in [6.07, 6.45) is 0. The Labute approximate surface area is 190 Å². The van der Waals surface area contributed by atoms with Gasteiger partial charge in [0.1, 0.15) is 0 Å². The second-order valence-corrected chi connectivity index (χ2v) is 9.17. The minimum Gasteiger partial charge on any atom is -0.493 e. The number of urea groups is 1. The third kappa shape index (κ3) is 4.81. The van der Waals surface area contributed by atoms with Gasteiger partial charge in [0.15, 0.2) is 21.3 Å². The number of carbonyl (C=O) groups is 2. The van der Waals surface area contributed by atoms with E-state index < -0.39 is 33.6 Å². The van der Waals surface area contributed by atoms with Gasteiger partial charge in [-0.25, -0.2) is 18.0 Å². The molecule has 1 aliphatic rings. The van der Waals surface area contributed by atoms with Crippen molar-refractivity contribution in [1.82, 2.24) is 10.6 Å². The summed E-state index contributed by atoms with van der Waals surface area (Å²) in [6.45, 7) is 0. The molecule has 1 heterocycles. The van der Waals surface area contributed by atoms with Gasteiger partial charge in [0.25, 0.3) is 0 Å². The number of halogens is 1. The summed E-state index contributed by atoms with van der Waals surface area (Å²) in [4.78, 5) is 25.0. The van der Waals surface area contributed by atoms with Crippen molar-refractivity contribution in [2.75, 3.05) is 27.1 Å². The first-order valence-corrected chi connectivity index (χ1v) is 11.3. The fraction of sp³-hybridized carbons (Fsp3) is 0.238. The molecule has 0 aromatic heterocycles. The van der Waals surface area contributed by atoms with Crippen molar-refractivity contribution >= 4 is 33.4 Å². The number of rotatable bonds is 7. The van der Waals surface area contributed by atoms with Crippen LogP contribution in [-0.4, -0.2) is 47.5 Å². The number of benzene rings is 2. The van der Waals surface area contributed by atoms with Crippen molar-refractivity contribution < 1.29 is 32.2 Å². The van der Waals surface area contributed by atoms with Crippen LogP contribution in [0.1, 0.15) is 11.6 Å². The number of ether oxygens (including phenoxy) is 3. The zero-order valence-corrected chi connectivity index (χ0v) is 19.0. The number of esters is 1. The lowest BCUT2D eigenvalue weighted by atomic mass is 9.95. The summed E-state index contributed by atoms with van der Waals surface area (Å²) in [6, 6.07) is 8.88. The Kier molecular flexibility index (Phi) is 6.95. The van der Waals surface area contributed by atoms with Crippen LogP contribution in [0.25, 0.3) is 0 Å². The molecular formula is C21H21ClN2O7S. The average molecular weight is 481 g/mol. The van der Waals surface area contributed by atoms with Gasteiger partial charge in [0.2, 0.25) is 0 Å². The van der Waals surface area contributed by atoms with Crippen molar-refractivity contribution in [2.24, 2.45) is 0 Å². The van der Waals surface area contributed by atoms with Gasteiger partial charge < -0.3 is 24.8 Å². The predicted octanol–water partition coefficient (Wildman–Crippen LogP) is 2.61. The van der Waals surface area contributed by atoms with Gasteiger partial charge in [-0.2, -0.15) is 0 Å². The Hall–Kier alpha value is -3.24. The third-order valence-electron chi connectivity index (χ3n) is 4.79. The minimum absolute atomic E-state index is 0.0443. The molecule has 1 aliphatic heterocycles. The second kappa shape index (κ2) is 9.49. The quantitative estimate of drug-likeness (QED) is 0.584. The number of nitrogens with one attached hydrogen (secondary N) is 2. The molecule has 1 unspecified atom stereocenters. The van der Waals surface area contributed by atoms with Gasteiger partial charge >= 0.3 is 12.0 Å². The second-order valence-electron chi connectivity index (χ2n) is 6.75. The summed E-state index contributed by atoms with van der Waals surface area (Å²) in [5, 5.41) is 5.31. The molecule has 0 saturated heterocycles. The number of carbonyl (C=O) groups excluding carboxylic acids is 2. The normalized spacial score (nSPS) is 16.1. The molecule has 0 bridgehead atoms. The van der Waals surface area contributed by atoms with Gasteiger partial charge in [-0.15, -0.1) is 0 Å². The molecule has 0 radical (unpaired) electrons. The monoisotopic (exact) mass is 480 g/mol. The highest BCUT2D eigenvalue weighted by atomic mass is 35.5. The Morgan fingerprint density at radius 1 is 1.06 bits per heavy atom. The van der Waals surface area contributed by atoms with Crippen LogP contribution in [0.2, 0.25) is 5.02 Å². The Morgan fingerprint density at radius 2 is 1.78 bits per heavy atom. The molecule has 0 spiro atoms. The molecule has 0 fully saturated rings.